The fourth-order valence-corrected chi connectivity index (χ4v) is 3.33. The second-order valence-corrected chi connectivity index (χ2v) is 6.12. The van der Waals surface area contributed by atoms with Gasteiger partial charge in [0.05, 0.1) is 0 Å². The number of likely N-dealkylation sites (tertiary alicyclic amines) is 1. The van der Waals surface area contributed by atoms with Gasteiger partial charge >= 0.3 is 6.03 Å². The predicted octanol–water partition coefficient (Wildman–Crippen LogP) is 2.70. The second kappa shape index (κ2) is 7.19. The molecule has 1 N–H and O–H groups in total. The average molecular weight is 311 g/mol. The number of fused-ring (bicyclic) bond motifs is 1. The molecular formula is C18H21N3O2. The fourth-order valence-electron chi connectivity index (χ4n) is 3.33. The van der Waals surface area contributed by atoms with E-state index in [9.17, 15) is 4.79 Å². The molecule has 0 unspecified atom stereocenters. The first-order valence-corrected chi connectivity index (χ1v) is 8.02. The minimum absolute atomic E-state index is 0.00254. The summed E-state index contributed by atoms with van der Waals surface area (Å²) in [6.45, 7) is 2.20. The van der Waals surface area contributed by atoms with Crippen molar-refractivity contribution in [1.29, 1.82) is 5.26 Å². The quantitative estimate of drug-likeness (QED) is 0.870. The number of benzene rings is 1. The topological polar surface area (TPSA) is 65.4 Å². The van der Waals surface area contributed by atoms with Crippen molar-refractivity contribution in [3.8, 4) is 11.8 Å². The molecule has 0 radical (unpaired) electrons. The lowest BCUT2D eigenvalue weighted by Gasteiger charge is -2.17. The minimum Gasteiger partial charge on any atom is -0.479 e. The van der Waals surface area contributed by atoms with Crippen LogP contribution in [0.5, 0.6) is 5.75 Å². The lowest BCUT2D eigenvalue weighted by atomic mass is 9.86. The molecule has 23 heavy (non-hydrogen) atoms. The number of urea groups is 1. The molecule has 1 aliphatic heterocycles. The number of hydrogen-bond donors (Lipinski definition) is 1. The van der Waals surface area contributed by atoms with E-state index in [1.165, 1.54) is 0 Å². The van der Waals surface area contributed by atoms with Crippen LogP contribution in [0.2, 0.25) is 0 Å². The molecule has 5 nitrogen and oxygen atoms in total. The molecule has 5 heteroatoms. The number of hydrogen-bond acceptors (Lipinski definition) is 3. The number of carbonyl (C=O) groups excluding carboxylic acids is 1. The Kier molecular flexibility index (Phi) is 4.82. The van der Waals surface area contributed by atoms with E-state index in [-0.39, 0.29) is 12.6 Å². The molecule has 2 atom stereocenters. The number of amides is 2. The van der Waals surface area contributed by atoms with Crippen molar-refractivity contribution in [2.24, 2.45) is 11.8 Å². The third kappa shape index (κ3) is 3.84. The van der Waals surface area contributed by atoms with E-state index < -0.39 is 0 Å². The van der Waals surface area contributed by atoms with E-state index in [1.54, 1.807) is 6.07 Å². The van der Waals surface area contributed by atoms with Crippen LogP contribution in [0.15, 0.2) is 36.4 Å². The van der Waals surface area contributed by atoms with Crippen molar-refractivity contribution in [3.05, 3.63) is 42.0 Å². The summed E-state index contributed by atoms with van der Waals surface area (Å²) in [7, 11) is 0. The molecular weight excluding hydrogens is 290 g/mol. The number of nitriles is 1. The Morgan fingerprint density at radius 2 is 2.04 bits per heavy atom. The van der Waals surface area contributed by atoms with Crippen LogP contribution < -0.4 is 10.1 Å². The zero-order chi connectivity index (χ0) is 16.1. The summed E-state index contributed by atoms with van der Waals surface area (Å²) >= 11 is 0. The summed E-state index contributed by atoms with van der Waals surface area (Å²) in [6.07, 6.45) is 6.64. The number of carbonyl (C=O) groups is 1. The van der Waals surface area contributed by atoms with Gasteiger partial charge in [-0.25, -0.2) is 4.79 Å². The lowest BCUT2D eigenvalue weighted by Crippen LogP contribution is -2.38. The summed E-state index contributed by atoms with van der Waals surface area (Å²) in [5.74, 6) is 1.89. The maximum absolute atomic E-state index is 12.3. The van der Waals surface area contributed by atoms with Crippen LogP contribution in [0.1, 0.15) is 18.4 Å². The van der Waals surface area contributed by atoms with E-state index >= 15 is 0 Å². The van der Waals surface area contributed by atoms with Gasteiger partial charge < -0.3 is 15.0 Å². The van der Waals surface area contributed by atoms with Gasteiger partial charge in [-0.3, -0.25) is 0 Å². The van der Waals surface area contributed by atoms with Crippen LogP contribution in [0.3, 0.4) is 0 Å². The highest BCUT2D eigenvalue weighted by atomic mass is 16.5. The molecule has 1 aliphatic carbocycles. The van der Waals surface area contributed by atoms with Crippen molar-refractivity contribution in [2.75, 3.05) is 19.7 Å². The van der Waals surface area contributed by atoms with E-state index in [0.717, 1.165) is 31.5 Å². The monoisotopic (exact) mass is 311 g/mol. The molecule has 0 spiro atoms. The largest absolute Gasteiger partial charge is 0.479 e. The molecule has 0 bridgehead atoms. The summed E-state index contributed by atoms with van der Waals surface area (Å²) < 4.78 is 5.28. The molecule has 2 amide bonds. The summed E-state index contributed by atoms with van der Waals surface area (Å²) in [4.78, 5) is 14.3. The van der Waals surface area contributed by atoms with Crippen LogP contribution in [0.25, 0.3) is 0 Å². The van der Waals surface area contributed by atoms with Crippen LogP contribution in [0, 0.1) is 23.2 Å². The molecule has 1 heterocycles. The first kappa shape index (κ1) is 15.4. The van der Waals surface area contributed by atoms with Gasteiger partial charge in [0.1, 0.15) is 11.8 Å². The number of ether oxygens (including phenoxy) is 1. The third-order valence-corrected chi connectivity index (χ3v) is 4.55. The number of nitrogens with one attached hydrogen (secondary N) is 1. The van der Waals surface area contributed by atoms with E-state index in [1.807, 2.05) is 29.2 Å². The van der Waals surface area contributed by atoms with Gasteiger partial charge in [-0.2, -0.15) is 5.26 Å². The van der Waals surface area contributed by atoms with E-state index in [2.05, 4.69) is 17.5 Å². The smallest absolute Gasteiger partial charge is 0.317 e. The first-order chi connectivity index (χ1) is 11.3. The first-order valence-electron chi connectivity index (χ1n) is 8.02. The molecule has 120 valence electrons. The van der Waals surface area contributed by atoms with Gasteiger partial charge in [-0.15, -0.1) is 0 Å². The van der Waals surface area contributed by atoms with Crippen LogP contribution >= 0.6 is 0 Å². The van der Waals surface area contributed by atoms with Gasteiger partial charge in [0.15, 0.2) is 6.61 Å². The highest BCUT2D eigenvalue weighted by Gasteiger charge is 2.34. The third-order valence-electron chi connectivity index (χ3n) is 4.55. The average Bonchev–Trinajstić information content (AvgIpc) is 3.02. The Balaban J connectivity index is 1.50. The minimum atomic E-state index is 0.00254. The van der Waals surface area contributed by atoms with Crippen molar-refractivity contribution in [2.45, 2.75) is 19.4 Å². The van der Waals surface area contributed by atoms with Gasteiger partial charge in [0, 0.05) is 19.6 Å². The Bertz CT molecular complexity index is 619. The highest BCUT2D eigenvalue weighted by molar-refractivity contribution is 5.74. The van der Waals surface area contributed by atoms with Gasteiger partial charge in [0.25, 0.3) is 0 Å². The van der Waals surface area contributed by atoms with Crippen LogP contribution in [0.4, 0.5) is 4.79 Å². The van der Waals surface area contributed by atoms with Crippen molar-refractivity contribution in [1.82, 2.24) is 10.2 Å². The molecule has 1 saturated heterocycles. The maximum atomic E-state index is 12.3. The number of nitrogens with zero attached hydrogens (tertiary/aromatic N) is 2. The van der Waals surface area contributed by atoms with Gasteiger partial charge in [-0.05, 0) is 42.4 Å². The maximum Gasteiger partial charge on any atom is 0.317 e. The molecule has 1 fully saturated rings. The van der Waals surface area contributed by atoms with Crippen molar-refractivity contribution >= 4 is 6.03 Å². The second-order valence-electron chi connectivity index (χ2n) is 6.12. The Morgan fingerprint density at radius 3 is 2.74 bits per heavy atom. The zero-order valence-corrected chi connectivity index (χ0v) is 13.1. The number of allylic oxidation sites excluding steroid dienone is 2. The normalized spacial score (nSPS) is 22.3. The van der Waals surface area contributed by atoms with Gasteiger partial charge in [-0.1, -0.05) is 24.3 Å². The predicted molar refractivity (Wildman–Crippen MR) is 86.7 cm³/mol. The molecule has 1 aromatic rings. The zero-order valence-electron chi connectivity index (χ0n) is 13.1. The Labute approximate surface area is 136 Å². The molecule has 3 rings (SSSR count). The van der Waals surface area contributed by atoms with Crippen LogP contribution in [-0.2, 0) is 6.54 Å². The Morgan fingerprint density at radius 1 is 1.30 bits per heavy atom. The van der Waals surface area contributed by atoms with Gasteiger partial charge in [0.2, 0.25) is 0 Å². The standard InChI is InChI=1S/C18H21N3O2/c19-8-9-23-17-7-3-4-14(10-17)11-20-18(22)21-12-15-5-1-2-6-16(15)13-21/h1-4,7,10,15-16H,5-6,9,11-13H2,(H,20,22)/t15-,16+. The Hall–Kier alpha value is -2.48. The van der Waals surface area contributed by atoms with Crippen molar-refractivity contribution in [3.63, 3.8) is 0 Å². The van der Waals surface area contributed by atoms with E-state index in [0.29, 0.717) is 24.1 Å². The lowest BCUT2D eigenvalue weighted by molar-refractivity contribution is 0.206. The summed E-state index contributed by atoms with van der Waals surface area (Å²) in [6, 6.07) is 9.41. The van der Waals surface area contributed by atoms with E-state index in [4.69, 9.17) is 10.00 Å². The number of rotatable bonds is 4. The molecule has 2 aliphatic rings. The SMILES string of the molecule is N#CCOc1cccc(CNC(=O)N2C[C@H]3CC=CC[C@H]3C2)c1. The van der Waals surface area contributed by atoms with Crippen LogP contribution in [-0.4, -0.2) is 30.6 Å². The highest BCUT2D eigenvalue weighted by Crippen LogP contribution is 2.32. The molecule has 0 saturated carbocycles. The molecule has 0 aromatic heterocycles. The summed E-state index contributed by atoms with van der Waals surface area (Å²) in [5.41, 5.74) is 0.965. The molecule has 1 aromatic carbocycles. The summed E-state index contributed by atoms with van der Waals surface area (Å²) in [5, 5.41) is 11.5. The fraction of sp³-hybridized carbons (Fsp3) is 0.444. The van der Waals surface area contributed by atoms with Crippen molar-refractivity contribution < 1.29 is 9.53 Å².